The van der Waals surface area contributed by atoms with Crippen molar-refractivity contribution in [2.75, 3.05) is 11.4 Å². The molecule has 1 fully saturated rings. The largest absolute Gasteiger partial charge is 0.480 e. The van der Waals surface area contributed by atoms with Gasteiger partial charge in [-0.2, -0.15) is 0 Å². The van der Waals surface area contributed by atoms with Gasteiger partial charge >= 0.3 is 5.97 Å². The van der Waals surface area contributed by atoms with E-state index in [1.54, 1.807) is 23.2 Å². The van der Waals surface area contributed by atoms with Crippen molar-refractivity contribution < 1.29 is 9.90 Å². The maximum Gasteiger partial charge on any atom is 0.326 e. The highest BCUT2D eigenvalue weighted by molar-refractivity contribution is 5.79. The van der Waals surface area contributed by atoms with Gasteiger partial charge in [0.05, 0.1) is 0 Å². The number of carboxylic acid groups (broad SMARTS) is 1. The Kier molecular flexibility index (Phi) is 3.32. The van der Waals surface area contributed by atoms with Crippen LogP contribution in [0.15, 0.2) is 23.1 Å². The van der Waals surface area contributed by atoms with Crippen LogP contribution in [0.5, 0.6) is 0 Å². The van der Waals surface area contributed by atoms with Gasteiger partial charge < -0.3 is 10.0 Å². The lowest BCUT2D eigenvalue weighted by molar-refractivity contribution is -0.138. The summed E-state index contributed by atoms with van der Waals surface area (Å²) in [4.78, 5) is 34.1. The number of rotatable bonds is 3. The first kappa shape index (κ1) is 13.5. The van der Waals surface area contributed by atoms with E-state index >= 15 is 0 Å². The van der Waals surface area contributed by atoms with Gasteiger partial charge in [-0.1, -0.05) is 0 Å². The zero-order chi connectivity index (χ0) is 15.0. The van der Waals surface area contributed by atoms with Crippen molar-refractivity contribution in [2.24, 2.45) is 0 Å². The molecule has 0 bridgehead atoms. The quantitative estimate of drug-likeness (QED) is 0.901. The molecule has 7 nitrogen and oxygen atoms in total. The van der Waals surface area contributed by atoms with Gasteiger partial charge in [-0.3, -0.25) is 9.36 Å². The predicted octanol–water partition coefficient (Wildman–Crippen LogP) is 0.865. The number of nitrogens with zero attached hydrogens (tertiary/aromatic N) is 4. The molecule has 1 aliphatic rings. The van der Waals surface area contributed by atoms with E-state index in [9.17, 15) is 14.7 Å². The third-order valence-electron chi connectivity index (χ3n) is 3.81. The summed E-state index contributed by atoms with van der Waals surface area (Å²) in [6.45, 7) is 2.86. The predicted molar refractivity (Wildman–Crippen MR) is 77.5 cm³/mol. The summed E-state index contributed by atoms with van der Waals surface area (Å²) in [5, 5.41) is 9.29. The monoisotopic (exact) mass is 288 g/mol. The number of aryl methyl sites for hydroxylation is 1. The number of hydrogen-bond donors (Lipinski definition) is 1. The molecular formula is C14H16N4O3. The van der Waals surface area contributed by atoms with Crippen LogP contribution in [0.3, 0.4) is 0 Å². The molecule has 2 aromatic heterocycles. The molecule has 0 radical (unpaired) electrons. The van der Waals surface area contributed by atoms with E-state index in [0.29, 0.717) is 30.7 Å². The van der Waals surface area contributed by atoms with E-state index in [-0.39, 0.29) is 11.4 Å². The van der Waals surface area contributed by atoms with E-state index in [1.807, 2.05) is 6.92 Å². The number of aliphatic carboxylic acids is 1. The lowest BCUT2D eigenvalue weighted by Gasteiger charge is -2.22. The van der Waals surface area contributed by atoms with Gasteiger partial charge in [-0.25, -0.2) is 14.8 Å². The van der Waals surface area contributed by atoms with Crippen molar-refractivity contribution in [3.8, 4) is 0 Å². The van der Waals surface area contributed by atoms with E-state index in [2.05, 4.69) is 9.97 Å². The van der Waals surface area contributed by atoms with Gasteiger partial charge in [-0.15, -0.1) is 0 Å². The molecule has 3 heterocycles. The van der Waals surface area contributed by atoms with Gasteiger partial charge in [0.15, 0.2) is 11.5 Å². The average molecular weight is 288 g/mol. The Morgan fingerprint density at radius 3 is 3.05 bits per heavy atom. The summed E-state index contributed by atoms with van der Waals surface area (Å²) in [7, 11) is 0. The molecular weight excluding hydrogens is 272 g/mol. The van der Waals surface area contributed by atoms with Gasteiger partial charge in [0, 0.05) is 19.3 Å². The van der Waals surface area contributed by atoms with Crippen LogP contribution in [0.2, 0.25) is 0 Å². The Bertz CT molecular complexity index is 755. The van der Waals surface area contributed by atoms with E-state index in [0.717, 1.165) is 6.42 Å². The summed E-state index contributed by atoms with van der Waals surface area (Å²) < 4.78 is 1.54. The van der Waals surface area contributed by atoms with Crippen LogP contribution >= 0.6 is 0 Å². The number of carboxylic acids is 1. The van der Waals surface area contributed by atoms with E-state index < -0.39 is 12.0 Å². The number of pyridine rings is 1. The Labute approximate surface area is 120 Å². The summed E-state index contributed by atoms with van der Waals surface area (Å²) >= 11 is 0. The third-order valence-corrected chi connectivity index (χ3v) is 3.81. The summed E-state index contributed by atoms with van der Waals surface area (Å²) in [6, 6.07) is 2.86. The molecule has 1 atom stereocenters. The molecule has 0 spiro atoms. The normalized spacial score (nSPS) is 18.3. The molecule has 3 rings (SSSR count). The topological polar surface area (TPSA) is 88.3 Å². The van der Waals surface area contributed by atoms with Gasteiger partial charge in [0.1, 0.15) is 11.6 Å². The van der Waals surface area contributed by atoms with Crippen LogP contribution in [0.25, 0.3) is 11.2 Å². The Morgan fingerprint density at radius 1 is 1.52 bits per heavy atom. The molecule has 0 saturated carbocycles. The van der Waals surface area contributed by atoms with Crippen molar-refractivity contribution in [1.82, 2.24) is 14.5 Å². The molecule has 1 saturated heterocycles. The minimum absolute atomic E-state index is 0.210. The van der Waals surface area contributed by atoms with Crippen molar-refractivity contribution in [3.05, 3.63) is 28.7 Å². The maximum atomic E-state index is 12.6. The molecule has 7 heteroatoms. The number of anilines is 1. The van der Waals surface area contributed by atoms with Gasteiger partial charge in [0.2, 0.25) is 0 Å². The van der Waals surface area contributed by atoms with Crippen LogP contribution in [-0.4, -0.2) is 38.2 Å². The van der Waals surface area contributed by atoms with Crippen molar-refractivity contribution in [2.45, 2.75) is 32.4 Å². The Balaban J connectivity index is 2.21. The number of hydrogen-bond acceptors (Lipinski definition) is 5. The summed E-state index contributed by atoms with van der Waals surface area (Å²) in [6.07, 6.45) is 2.90. The van der Waals surface area contributed by atoms with Crippen LogP contribution < -0.4 is 10.5 Å². The Hall–Kier alpha value is -2.44. The highest BCUT2D eigenvalue weighted by Crippen LogP contribution is 2.23. The molecule has 0 aliphatic carbocycles. The smallest absolute Gasteiger partial charge is 0.326 e. The second-order valence-electron chi connectivity index (χ2n) is 5.02. The zero-order valence-corrected chi connectivity index (χ0v) is 11.7. The molecule has 1 unspecified atom stereocenters. The standard InChI is InChI=1S/C14H16N4O3/c1-2-17-11-9(5-3-7-15-11)16-12(13(17)19)18-8-4-6-10(18)14(20)21/h3,5,7,10H,2,4,6,8H2,1H3,(H,20,21). The first-order valence-corrected chi connectivity index (χ1v) is 6.98. The second kappa shape index (κ2) is 5.16. The lowest BCUT2D eigenvalue weighted by Crippen LogP contribution is -2.41. The summed E-state index contributed by atoms with van der Waals surface area (Å²) in [5.74, 6) is -0.703. The first-order valence-electron chi connectivity index (χ1n) is 6.98. The molecule has 110 valence electrons. The number of aromatic nitrogens is 3. The van der Waals surface area contributed by atoms with Crippen molar-refractivity contribution in [3.63, 3.8) is 0 Å². The minimum atomic E-state index is -0.914. The number of carbonyl (C=O) groups is 1. The van der Waals surface area contributed by atoms with Crippen LogP contribution in [0, 0.1) is 0 Å². The lowest BCUT2D eigenvalue weighted by atomic mass is 10.2. The molecule has 0 aromatic carbocycles. The van der Waals surface area contributed by atoms with Crippen molar-refractivity contribution >= 4 is 23.0 Å². The average Bonchev–Trinajstić information content (AvgIpc) is 2.96. The van der Waals surface area contributed by atoms with E-state index in [1.165, 1.54) is 4.57 Å². The minimum Gasteiger partial charge on any atom is -0.480 e. The Morgan fingerprint density at radius 2 is 2.33 bits per heavy atom. The van der Waals surface area contributed by atoms with Gasteiger partial charge in [-0.05, 0) is 31.9 Å². The highest BCUT2D eigenvalue weighted by Gasteiger charge is 2.33. The molecule has 1 N–H and O–H groups in total. The van der Waals surface area contributed by atoms with Gasteiger partial charge in [0.25, 0.3) is 5.56 Å². The fraction of sp³-hybridized carbons (Fsp3) is 0.429. The first-order chi connectivity index (χ1) is 10.1. The highest BCUT2D eigenvalue weighted by atomic mass is 16.4. The number of fused-ring (bicyclic) bond motifs is 1. The van der Waals surface area contributed by atoms with Crippen molar-refractivity contribution in [1.29, 1.82) is 0 Å². The SMILES string of the molecule is CCn1c(=O)c(N2CCCC2C(=O)O)nc2cccnc21. The second-order valence-corrected chi connectivity index (χ2v) is 5.02. The third kappa shape index (κ3) is 2.14. The molecule has 21 heavy (non-hydrogen) atoms. The van der Waals surface area contributed by atoms with E-state index in [4.69, 9.17) is 0 Å². The summed E-state index contributed by atoms with van der Waals surface area (Å²) in [5.41, 5.74) is 0.849. The molecule has 2 aromatic rings. The maximum absolute atomic E-state index is 12.6. The fourth-order valence-corrected chi connectivity index (χ4v) is 2.82. The zero-order valence-electron chi connectivity index (χ0n) is 11.7. The molecule has 0 amide bonds. The van der Waals surface area contributed by atoms with Crippen LogP contribution in [0.1, 0.15) is 19.8 Å². The molecule has 1 aliphatic heterocycles. The van der Waals surface area contributed by atoms with Crippen LogP contribution in [0.4, 0.5) is 5.82 Å². The van der Waals surface area contributed by atoms with Crippen LogP contribution in [-0.2, 0) is 11.3 Å². The fourth-order valence-electron chi connectivity index (χ4n) is 2.82.